The highest BCUT2D eigenvalue weighted by molar-refractivity contribution is 7.89. The summed E-state index contributed by atoms with van der Waals surface area (Å²) in [6, 6.07) is 11.2. The van der Waals surface area contributed by atoms with E-state index in [9.17, 15) is 18.0 Å². The number of hydrogen-bond donors (Lipinski definition) is 1. The van der Waals surface area contributed by atoms with Crippen molar-refractivity contribution in [3.05, 3.63) is 53.1 Å². The van der Waals surface area contributed by atoms with E-state index in [0.717, 1.165) is 13.1 Å². The van der Waals surface area contributed by atoms with E-state index in [2.05, 4.69) is 10.2 Å². The predicted molar refractivity (Wildman–Crippen MR) is 143 cm³/mol. The average molecular weight is 549 g/mol. The summed E-state index contributed by atoms with van der Waals surface area (Å²) in [5.74, 6) is -0.333. The number of carbonyl (C=O) groups excluding carboxylic acids is 2. The number of carbonyl (C=O) groups is 2. The van der Waals surface area contributed by atoms with Crippen molar-refractivity contribution >= 4 is 39.1 Å². The van der Waals surface area contributed by atoms with E-state index in [-0.39, 0.29) is 28.3 Å². The first kappa shape index (κ1) is 27.4. The topological polar surface area (TPSA) is 99.3 Å². The van der Waals surface area contributed by atoms with E-state index in [0.29, 0.717) is 56.1 Å². The van der Waals surface area contributed by atoms with E-state index in [4.69, 9.17) is 16.3 Å². The third-order valence-electron chi connectivity index (χ3n) is 6.79. The average Bonchev–Trinajstić information content (AvgIpc) is 2.90. The zero-order valence-corrected chi connectivity index (χ0v) is 22.7. The van der Waals surface area contributed by atoms with Crippen LogP contribution >= 0.6 is 11.6 Å². The van der Waals surface area contributed by atoms with E-state index in [1.54, 1.807) is 30.3 Å². The largest absolute Gasteiger partial charge is 0.492 e. The third-order valence-corrected chi connectivity index (χ3v) is 8.94. The van der Waals surface area contributed by atoms with Crippen LogP contribution in [0.4, 0.5) is 5.69 Å². The molecule has 0 saturated carbocycles. The first-order valence-electron chi connectivity index (χ1n) is 12.5. The van der Waals surface area contributed by atoms with Crippen molar-refractivity contribution in [3.8, 4) is 5.75 Å². The van der Waals surface area contributed by atoms with Gasteiger partial charge in [0.25, 0.3) is 5.91 Å². The Morgan fingerprint density at radius 3 is 2.41 bits per heavy atom. The Balaban J connectivity index is 1.37. The van der Waals surface area contributed by atoms with Gasteiger partial charge in [-0.25, -0.2) is 8.42 Å². The van der Waals surface area contributed by atoms with Gasteiger partial charge in [-0.15, -0.1) is 0 Å². The second-order valence-electron chi connectivity index (χ2n) is 9.39. The van der Waals surface area contributed by atoms with Crippen molar-refractivity contribution in [2.75, 3.05) is 58.2 Å². The van der Waals surface area contributed by atoms with Gasteiger partial charge in [0.15, 0.2) is 0 Å². The number of ether oxygens (including phenoxy) is 1. The Hall–Kier alpha value is -2.66. The highest BCUT2D eigenvalue weighted by Crippen LogP contribution is 2.31. The lowest BCUT2D eigenvalue weighted by molar-refractivity contribution is -0.120. The molecule has 1 atom stereocenters. The summed E-state index contributed by atoms with van der Waals surface area (Å²) in [5.41, 5.74) is 1.14. The SMILES string of the molecule is CCOc1ccc(S(=O)(=O)N2CCC[C@H](C(=O)Nc3ccc(C(=O)N4CCN(C)CC4)cc3)C2)cc1Cl. The van der Waals surface area contributed by atoms with Crippen LogP contribution in [-0.4, -0.2) is 87.3 Å². The van der Waals surface area contributed by atoms with Gasteiger partial charge in [0, 0.05) is 50.5 Å². The van der Waals surface area contributed by atoms with Gasteiger partial charge < -0.3 is 19.9 Å². The minimum absolute atomic E-state index is 0.0199. The summed E-state index contributed by atoms with van der Waals surface area (Å²) in [6.07, 6.45) is 1.16. The molecule has 1 N–H and O–H groups in total. The molecule has 4 rings (SSSR count). The maximum Gasteiger partial charge on any atom is 0.253 e. The number of benzene rings is 2. The Morgan fingerprint density at radius 2 is 1.76 bits per heavy atom. The predicted octanol–water partition coefficient (Wildman–Crippen LogP) is 3.17. The lowest BCUT2D eigenvalue weighted by atomic mass is 9.98. The zero-order chi connectivity index (χ0) is 26.6. The maximum absolute atomic E-state index is 13.2. The second-order valence-corrected chi connectivity index (χ2v) is 11.7. The number of piperidine rings is 1. The first-order valence-corrected chi connectivity index (χ1v) is 14.3. The monoisotopic (exact) mass is 548 g/mol. The summed E-state index contributed by atoms with van der Waals surface area (Å²) in [5, 5.41) is 3.10. The number of anilines is 1. The molecule has 9 nitrogen and oxygen atoms in total. The molecule has 2 fully saturated rings. The molecular formula is C26H33ClN4O5S. The second kappa shape index (κ2) is 11.8. The van der Waals surface area contributed by atoms with Gasteiger partial charge in [-0.3, -0.25) is 9.59 Å². The molecule has 2 aliphatic rings. The van der Waals surface area contributed by atoms with Crippen LogP contribution in [0.5, 0.6) is 5.75 Å². The Labute approximate surface area is 223 Å². The van der Waals surface area contributed by atoms with Crippen molar-refractivity contribution in [1.29, 1.82) is 0 Å². The Bertz CT molecular complexity index is 1230. The van der Waals surface area contributed by atoms with Gasteiger partial charge in [-0.05, 0) is 69.3 Å². The molecule has 0 aromatic heterocycles. The third kappa shape index (κ3) is 6.43. The van der Waals surface area contributed by atoms with Crippen molar-refractivity contribution in [3.63, 3.8) is 0 Å². The van der Waals surface area contributed by atoms with Crippen LogP contribution in [0.15, 0.2) is 47.4 Å². The fraction of sp³-hybridized carbons (Fsp3) is 0.462. The number of hydrogen-bond acceptors (Lipinski definition) is 6. The minimum atomic E-state index is -3.82. The van der Waals surface area contributed by atoms with Crippen molar-refractivity contribution in [2.24, 2.45) is 5.92 Å². The number of piperazine rings is 1. The lowest BCUT2D eigenvalue weighted by Gasteiger charge is -2.32. The maximum atomic E-state index is 13.2. The Morgan fingerprint density at radius 1 is 1.05 bits per heavy atom. The van der Waals surface area contributed by atoms with Crippen molar-refractivity contribution in [1.82, 2.24) is 14.1 Å². The number of likely N-dealkylation sites (N-methyl/N-ethyl adjacent to an activating group) is 1. The van der Waals surface area contributed by atoms with Gasteiger partial charge in [0.2, 0.25) is 15.9 Å². The van der Waals surface area contributed by atoms with Crippen LogP contribution in [-0.2, 0) is 14.8 Å². The molecule has 2 aromatic rings. The van der Waals surface area contributed by atoms with Crippen molar-refractivity contribution < 1.29 is 22.7 Å². The van der Waals surface area contributed by atoms with Crippen LogP contribution in [0.2, 0.25) is 5.02 Å². The fourth-order valence-electron chi connectivity index (χ4n) is 4.57. The van der Waals surface area contributed by atoms with Gasteiger partial charge in [-0.2, -0.15) is 4.31 Å². The zero-order valence-electron chi connectivity index (χ0n) is 21.2. The number of nitrogens with one attached hydrogen (secondary N) is 1. The van der Waals surface area contributed by atoms with E-state index < -0.39 is 15.9 Å². The molecule has 200 valence electrons. The summed E-state index contributed by atoms with van der Waals surface area (Å²) in [7, 11) is -1.78. The molecule has 0 spiro atoms. The first-order chi connectivity index (χ1) is 17.7. The summed E-state index contributed by atoms with van der Waals surface area (Å²) < 4.78 is 33.2. The summed E-state index contributed by atoms with van der Waals surface area (Å²) in [4.78, 5) is 29.8. The summed E-state index contributed by atoms with van der Waals surface area (Å²) in [6.45, 7) is 5.74. The van der Waals surface area contributed by atoms with E-state index in [1.165, 1.54) is 16.4 Å². The standard InChI is InChI=1S/C26H33ClN4O5S/c1-3-36-24-11-10-22(17-23(24)27)37(34,35)31-12-4-5-20(18-31)25(32)28-21-8-6-19(7-9-21)26(33)30-15-13-29(2)14-16-30/h6-11,17,20H,3-5,12-16,18H2,1-2H3,(H,28,32)/t20-/m0/s1. The molecule has 2 heterocycles. The minimum Gasteiger partial charge on any atom is -0.492 e. The molecule has 0 unspecified atom stereocenters. The van der Waals surface area contributed by atoms with E-state index in [1.807, 2.05) is 18.9 Å². The fourth-order valence-corrected chi connectivity index (χ4v) is 6.42. The molecule has 0 bridgehead atoms. The van der Waals surface area contributed by atoms with Crippen molar-refractivity contribution in [2.45, 2.75) is 24.7 Å². The molecular weight excluding hydrogens is 516 g/mol. The molecule has 2 aromatic carbocycles. The normalized spacial score (nSPS) is 19.4. The molecule has 11 heteroatoms. The summed E-state index contributed by atoms with van der Waals surface area (Å²) >= 11 is 6.21. The highest BCUT2D eigenvalue weighted by Gasteiger charge is 2.33. The lowest BCUT2D eigenvalue weighted by Crippen LogP contribution is -2.47. The molecule has 2 amide bonds. The van der Waals surface area contributed by atoms with Crippen LogP contribution in [0.25, 0.3) is 0 Å². The van der Waals surface area contributed by atoms with Gasteiger partial charge >= 0.3 is 0 Å². The number of halogens is 1. The number of nitrogens with zero attached hydrogens (tertiary/aromatic N) is 3. The smallest absolute Gasteiger partial charge is 0.253 e. The van der Waals surface area contributed by atoms with Crippen LogP contribution in [0, 0.1) is 5.92 Å². The number of amides is 2. The van der Waals surface area contributed by atoms with Gasteiger partial charge in [0.1, 0.15) is 5.75 Å². The van der Waals surface area contributed by atoms with Gasteiger partial charge in [-0.1, -0.05) is 11.6 Å². The molecule has 37 heavy (non-hydrogen) atoms. The molecule has 2 aliphatic heterocycles. The molecule has 0 radical (unpaired) electrons. The van der Waals surface area contributed by atoms with Crippen LogP contribution in [0.3, 0.4) is 0 Å². The van der Waals surface area contributed by atoms with E-state index >= 15 is 0 Å². The van der Waals surface area contributed by atoms with Crippen LogP contribution < -0.4 is 10.1 Å². The number of sulfonamides is 1. The quantitative estimate of drug-likeness (QED) is 0.570. The van der Waals surface area contributed by atoms with Crippen LogP contribution in [0.1, 0.15) is 30.1 Å². The number of rotatable bonds is 7. The molecule has 2 saturated heterocycles. The Kier molecular flexibility index (Phi) is 8.74. The highest BCUT2D eigenvalue weighted by atomic mass is 35.5. The molecule has 0 aliphatic carbocycles. The van der Waals surface area contributed by atoms with Gasteiger partial charge in [0.05, 0.1) is 22.4 Å².